The molecule has 1 aromatic carbocycles. The van der Waals surface area contributed by atoms with Gasteiger partial charge in [-0.05, 0) is 24.5 Å². The number of methoxy groups -OCH3 is 1. The largest absolute Gasteiger partial charge is 0.383 e. The minimum absolute atomic E-state index is 0.143. The number of nitrogens with two attached hydrogens (primary N) is 1. The SMILES string of the molecule is COCCN(Cc1cc(CN)ccc1F)C1CC1. The fourth-order valence-electron chi connectivity index (χ4n) is 2.13. The molecule has 0 unspecified atom stereocenters. The zero-order chi connectivity index (χ0) is 13.0. The van der Waals surface area contributed by atoms with E-state index in [9.17, 15) is 4.39 Å². The second-order valence-electron chi connectivity index (χ2n) is 4.82. The second-order valence-corrected chi connectivity index (χ2v) is 4.82. The average Bonchev–Trinajstić information content (AvgIpc) is 3.21. The van der Waals surface area contributed by atoms with Gasteiger partial charge in [0.2, 0.25) is 0 Å². The lowest BCUT2D eigenvalue weighted by Crippen LogP contribution is -2.29. The fourth-order valence-corrected chi connectivity index (χ4v) is 2.13. The number of ether oxygens (including phenoxy) is 1. The Hall–Kier alpha value is -0.970. The number of nitrogens with zero attached hydrogens (tertiary/aromatic N) is 1. The van der Waals surface area contributed by atoms with Crippen LogP contribution in [0.3, 0.4) is 0 Å². The summed E-state index contributed by atoms with van der Waals surface area (Å²) < 4.78 is 18.9. The van der Waals surface area contributed by atoms with Crippen LogP contribution in [0, 0.1) is 5.82 Å². The lowest BCUT2D eigenvalue weighted by Gasteiger charge is -2.22. The van der Waals surface area contributed by atoms with Gasteiger partial charge in [0.05, 0.1) is 6.61 Å². The molecule has 4 heteroatoms. The summed E-state index contributed by atoms with van der Waals surface area (Å²) in [5.74, 6) is -0.143. The zero-order valence-corrected chi connectivity index (χ0v) is 10.9. The molecule has 0 atom stereocenters. The van der Waals surface area contributed by atoms with Crippen molar-refractivity contribution in [2.24, 2.45) is 5.73 Å². The van der Waals surface area contributed by atoms with E-state index in [0.29, 0.717) is 25.7 Å². The van der Waals surface area contributed by atoms with Crippen molar-refractivity contribution in [2.45, 2.75) is 32.0 Å². The molecule has 0 radical (unpaired) electrons. The summed E-state index contributed by atoms with van der Waals surface area (Å²) in [5.41, 5.74) is 7.31. The van der Waals surface area contributed by atoms with E-state index in [4.69, 9.17) is 10.5 Å². The van der Waals surface area contributed by atoms with Crippen LogP contribution in [-0.2, 0) is 17.8 Å². The van der Waals surface area contributed by atoms with Crippen molar-refractivity contribution in [1.82, 2.24) is 4.90 Å². The molecule has 1 aliphatic carbocycles. The molecule has 0 aromatic heterocycles. The van der Waals surface area contributed by atoms with Crippen molar-refractivity contribution in [3.05, 3.63) is 35.1 Å². The molecular weight excluding hydrogens is 231 g/mol. The maximum Gasteiger partial charge on any atom is 0.127 e. The molecule has 1 aliphatic rings. The van der Waals surface area contributed by atoms with E-state index in [0.717, 1.165) is 17.7 Å². The summed E-state index contributed by atoms with van der Waals surface area (Å²) in [4.78, 5) is 2.29. The Labute approximate surface area is 108 Å². The number of hydrogen-bond donors (Lipinski definition) is 1. The minimum atomic E-state index is -0.143. The molecule has 100 valence electrons. The van der Waals surface area contributed by atoms with Crippen LogP contribution in [0.15, 0.2) is 18.2 Å². The smallest absolute Gasteiger partial charge is 0.127 e. The first-order valence-electron chi connectivity index (χ1n) is 6.45. The lowest BCUT2D eigenvalue weighted by molar-refractivity contribution is 0.139. The van der Waals surface area contributed by atoms with Crippen molar-refractivity contribution in [2.75, 3.05) is 20.3 Å². The molecule has 0 heterocycles. The van der Waals surface area contributed by atoms with E-state index in [1.54, 1.807) is 13.2 Å². The van der Waals surface area contributed by atoms with Gasteiger partial charge in [-0.25, -0.2) is 4.39 Å². The van der Waals surface area contributed by atoms with Crippen LogP contribution in [0.5, 0.6) is 0 Å². The lowest BCUT2D eigenvalue weighted by atomic mass is 10.1. The third kappa shape index (κ3) is 3.51. The second kappa shape index (κ2) is 6.27. The van der Waals surface area contributed by atoms with Gasteiger partial charge in [-0.3, -0.25) is 4.90 Å². The first-order valence-corrected chi connectivity index (χ1v) is 6.45. The van der Waals surface area contributed by atoms with E-state index in [1.165, 1.54) is 18.9 Å². The third-order valence-electron chi connectivity index (χ3n) is 3.37. The van der Waals surface area contributed by atoms with Gasteiger partial charge in [-0.1, -0.05) is 12.1 Å². The van der Waals surface area contributed by atoms with Gasteiger partial charge in [0, 0.05) is 38.3 Å². The highest BCUT2D eigenvalue weighted by molar-refractivity contribution is 5.25. The Morgan fingerprint density at radius 1 is 1.44 bits per heavy atom. The minimum Gasteiger partial charge on any atom is -0.383 e. The van der Waals surface area contributed by atoms with Gasteiger partial charge in [-0.15, -0.1) is 0 Å². The van der Waals surface area contributed by atoms with E-state index in [-0.39, 0.29) is 5.82 Å². The monoisotopic (exact) mass is 252 g/mol. The van der Waals surface area contributed by atoms with Crippen LogP contribution < -0.4 is 5.73 Å². The molecule has 2 rings (SSSR count). The summed E-state index contributed by atoms with van der Waals surface area (Å²) in [6.45, 7) is 2.64. The van der Waals surface area contributed by atoms with Crippen LogP contribution in [0.2, 0.25) is 0 Å². The van der Waals surface area contributed by atoms with Gasteiger partial charge in [-0.2, -0.15) is 0 Å². The number of halogens is 1. The first-order chi connectivity index (χ1) is 8.74. The van der Waals surface area contributed by atoms with Crippen LogP contribution in [-0.4, -0.2) is 31.2 Å². The highest BCUT2D eigenvalue weighted by Gasteiger charge is 2.29. The molecule has 2 N–H and O–H groups in total. The molecule has 1 fully saturated rings. The summed E-state index contributed by atoms with van der Waals surface area (Å²) in [6.07, 6.45) is 2.42. The fraction of sp³-hybridized carbons (Fsp3) is 0.571. The number of benzene rings is 1. The van der Waals surface area contributed by atoms with Crippen LogP contribution in [0.1, 0.15) is 24.0 Å². The van der Waals surface area contributed by atoms with Gasteiger partial charge >= 0.3 is 0 Å². The van der Waals surface area contributed by atoms with Gasteiger partial charge in [0.15, 0.2) is 0 Å². The summed E-state index contributed by atoms with van der Waals surface area (Å²) >= 11 is 0. The molecule has 0 spiro atoms. The Morgan fingerprint density at radius 2 is 2.22 bits per heavy atom. The Kier molecular flexibility index (Phi) is 4.69. The molecule has 1 saturated carbocycles. The first kappa shape index (κ1) is 13.5. The summed E-state index contributed by atoms with van der Waals surface area (Å²) in [5, 5.41) is 0. The van der Waals surface area contributed by atoms with Crippen molar-refractivity contribution in [1.29, 1.82) is 0 Å². The summed E-state index contributed by atoms with van der Waals surface area (Å²) in [6, 6.07) is 5.73. The Balaban J connectivity index is 2.05. The third-order valence-corrected chi connectivity index (χ3v) is 3.37. The molecule has 0 saturated heterocycles. The molecular formula is C14H21FN2O. The quantitative estimate of drug-likeness (QED) is 0.805. The maximum absolute atomic E-state index is 13.8. The maximum atomic E-state index is 13.8. The normalized spacial score (nSPS) is 15.3. The van der Waals surface area contributed by atoms with Crippen LogP contribution >= 0.6 is 0 Å². The van der Waals surface area contributed by atoms with Crippen LogP contribution in [0.25, 0.3) is 0 Å². The average molecular weight is 252 g/mol. The number of hydrogen-bond acceptors (Lipinski definition) is 3. The standard InChI is InChI=1S/C14H21FN2O/c1-18-7-6-17(13-3-4-13)10-12-8-11(9-16)2-5-14(12)15/h2,5,8,13H,3-4,6-7,9-10,16H2,1H3. The van der Waals surface area contributed by atoms with E-state index < -0.39 is 0 Å². The Morgan fingerprint density at radius 3 is 2.83 bits per heavy atom. The molecule has 0 amide bonds. The highest BCUT2D eigenvalue weighted by atomic mass is 19.1. The van der Waals surface area contributed by atoms with E-state index in [2.05, 4.69) is 4.90 Å². The van der Waals surface area contributed by atoms with Crippen molar-refractivity contribution >= 4 is 0 Å². The van der Waals surface area contributed by atoms with Crippen molar-refractivity contribution in [3.63, 3.8) is 0 Å². The molecule has 1 aromatic rings. The topological polar surface area (TPSA) is 38.5 Å². The van der Waals surface area contributed by atoms with E-state index >= 15 is 0 Å². The van der Waals surface area contributed by atoms with Gasteiger partial charge < -0.3 is 10.5 Å². The summed E-state index contributed by atoms with van der Waals surface area (Å²) in [7, 11) is 1.70. The zero-order valence-electron chi connectivity index (χ0n) is 10.9. The molecule has 0 bridgehead atoms. The van der Waals surface area contributed by atoms with Gasteiger partial charge in [0.25, 0.3) is 0 Å². The predicted octanol–water partition coefficient (Wildman–Crippen LogP) is 1.90. The Bertz CT molecular complexity index is 393. The number of rotatable bonds is 7. The van der Waals surface area contributed by atoms with Crippen molar-refractivity contribution in [3.8, 4) is 0 Å². The molecule has 3 nitrogen and oxygen atoms in total. The van der Waals surface area contributed by atoms with Crippen molar-refractivity contribution < 1.29 is 9.13 Å². The molecule has 18 heavy (non-hydrogen) atoms. The van der Waals surface area contributed by atoms with Crippen LogP contribution in [0.4, 0.5) is 4.39 Å². The van der Waals surface area contributed by atoms with Gasteiger partial charge in [0.1, 0.15) is 5.82 Å². The predicted molar refractivity (Wildman–Crippen MR) is 69.6 cm³/mol. The highest BCUT2D eigenvalue weighted by Crippen LogP contribution is 2.28. The molecule has 0 aliphatic heterocycles. The van der Waals surface area contributed by atoms with E-state index in [1.807, 2.05) is 6.07 Å².